The van der Waals surface area contributed by atoms with Gasteiger partial charge in [-0.3, -0.25) is 0 Å². The molecule has 5 rings (SSSR count). The van der Waals surface area contributed by atoms with Crippen LogP contribution in [0, 0.1) is 6.92 Å². The van der Waals surface area contributed by atoms with Gasteiger partial charge in [-0.2, -0.15) is 20.1 Å². The number of ether oxygens (including phenoxy) is 2. The van der Waals surface area contributed by atoms with Gasteiger partial charge in [0.05, 0.1) is 25.0 Å². The molecule has 4 aromatic rings. The number of hydrazone groups is 1. The quantitative estimate of drug-likeness (QED) is 0.154. The number of anilines is 4. The van der Waals surface area contributed by atoms with Gasteiger partial charge in [-0.05, 0) is 61.0 Å². The van der Waals surface area contributed by atoms with Crippen LogP contribution in [0.15, 0.2) is 84.0 Å². The van der Waals surface area contributed by atoms with E-state index in [4.69, 9.17) is 9.47 Å². The summed E-state index contributed by atoms with van der Waals surface area (Å²) in [5, 5.41) is 7.50. The van der Waals surface area contributed by atoms with Gasteiger partial charge in [-0.25, -0.2) is 10.2 Å². The molecule has 0 saturated carbocycles. The molecule has 10 nitrogen and oxygen atoms in total. The summed E-state index contributed by atoms with van der Waals surface area (Å²) in [4.78, 5) is 28.0. The first-order valence-corrected chi connectivity index (χ1v) is 12.2. The molecule has 0 unspecified atom stereocenters. The van der Waals surface area contributed by atoms with Crippen molar-refractivity contribution in [2.75, 3.05) is 41.9 Å². The lowest BCUT2D eigenvalue weighted by atomic mass is 10.1. The smallest absolute Gasteiger partial charge is 0.343 e. The average molecular weight is 510 g/mol. The van der Waals surface area contributed by atoms with E-state index >= 15 is 0 Å². The van der Waals surface area contributed by atoms with E-state index in [1.807, 2.05) is 54.3 Å². The predicted molar refractivity (Wildman–Crippen MR) is 146 cm³/mol. The van der Waals surface area contributed by atoms with Crippen LogP contribution in [0.3, 0.4) is 0 Å². The third kappa shape index (κ3) is 6.68. The molecule has 0 radical (unpaired) electrons. The number of aryl methyl sites for hydroxylation is 1. The van der Waals surface area contributed by atoms with Gasteiger partial charge in [0, 0.05) is 18.8 Å². The first-order valence-electron chi connectivity index (χ1n) is 12.2. The topological polar surface area (TPSA) is 114 Å². The lowest BCUT2D eigenvalue weighted by Crippen LogP contribution is -2.37. The highest BCUT2D eigenvalue weighted by Crippen LogP contribution is 2.19. The van der Waals surface area contributed by atoms with Crippen molar-refractivity contribution in [3.05, 3.63) is 95.6 Å². The number of benzene rings is 3. The highest BCUT2D eigenvalue weighted by Gasteiger charge is 2.17. The van der Waals surface area contributed by atoms with Crippen molar-refractivity contribution in [1.82, 2.24) is 15.0 Å². The molecule has 1 aliphatic heterocycles. The molecule has 0 aliphatic carbocycles. The summed E-state index contributed by atoms with van der Waals surface area (Å²) >= 11 is 0. The van der Waals surface area contributed by atoms with Crippen LogP contribution in [-0.4, -0.2) is 53.4 Å². The number of nitrogens with zero attached hydrogens (tertiary/aromatic N) is 5. The van der Waals surface area contributed by atoms with Crippen LogP contribution in [0.5, 0.6) is 5.75 Å². The minimum absolute atomic E-state index is 0.305. The number of para-hydroxylation sites is 1. The fraction of sp³-hybridized carbons (Fsp3) is 0.179. The third-order valence-corrected chi connectivity index (χ3v) is 5.67. The van der Waals surface area contributed by atoms with Crippen LogP contribution in [0.4, 0.5) is 23.5 Å². The van der Waals surface area contributed by atoms with Gasteiger partial charge in [0.2, 0.25) is 17.8 Å². The van der Waals surface area contributed by atoms with Crippen molar-refractivity contribution in [2.24, 2.45) is 5.10 Å². The van der Waals surface area contributed by atoms with Crippen molar-refractivity contribution >= 4 is 35.7 Å². The van der Waals surface area contributed by atoms with E-state index in [2.05, 4.69) is 30.8 Å². The number of aromatic nitrogens is 3. The van der Waals surface area contributed by atoms with E-state index in [0.717, 1.165) is 16.8 Å². The second-order valence-electron chi connectivity index (χ2n) is 8.57. The Hall–Kier alpha value is -4.83. The first kappa shape index (κ1) is 24.8. The Bertz CT molecular complexity index is 1410. The summed E-state index contributed by atoms with van der Waals surface area (Å²) in [5.41, 5.74) is 6.07. The molecule has 1 aliphatic rings. The van der Waals surface area contributed by atoms with E-state index in [-0.39, 0.29) is 0 Å². The SMILES string of the molecule is Cc1cccc(C(=O)Oc2ccc(C=NNc3nc(Nc4ccccc4)nc(N4CCOCC4)n3)cc2)c1. The Morgan fingerprint density at radius 1 is 0.947 bits per heavy atom. The van der Waals surface area contributed by atoms with Gasteiger partial charge in [0.15, 0.2) is 0 Å². The minimum Gasteiger partial charge on any atom is -0.423 e. The van der Waals surface area contributed by atoms with E-state index in [1.54, 1.807) is 42.6 Å². The zero-order valence-electron chi connectivity index (χ0n) is 20.9. The van der Waals surface area contributed by atoms with Crippen LogP contribution in [0.2, 0.25) is 0 Å². The number of hydrogen-bond acceptors (Lipinski definition) is 10. The van der Waals surface area contributed by atoms with Crippen LogP contribution in [0.25, 0.3) is 0 Å². The van der Waals surface area contributed by atoms with Gasteiger partial charge in [-0.1, -0.05) is 35.9 Å². The molecule has 2 N–H and O–H groups in total. The maximum absolute atomic E-state index is 12.4. The second kappa shape index (κ2) is 11.9. The highest BCUT2D eigenvalue weighted by atomic mass is 16.5. The predicted octanol–water partition coefficient (Wildman–Crippen LogP) is 4.43. The maximum Gasteiger partial charge on any atom is 0.343 e. The monoisotopic (exact) mass is 509 g/mol. The molecule has 2 heterocycles. The molecule has 0 spiro atoms. The molecular weight excluding hydrogens is 482 g/mol. The number of hydrogen-bond donors (Lipinski definition) is 2. The second-order valence-corrected chi connectivity index (χ2v) is 8.57. The molecule has 10 heteroatoms. The Kier molecular flexibility index (Phi) is 7.80. The minimum atomic E-state index is -0.400. The van der Waals surface area contributed by atoms with Crippen molar-refractivity contribution in [3.63, 3.8) is 0 Å². The normalized spacial score (nSPS) is 13.3. The van der Waals surface area contributed by atoms with Crippen LogP contribution >= 0.6 is 0 Å². The molecule has 1 saturated heterocycles. The fourth-order valence-corrected chi connectivity index (χ4v) is 3.75. The zero-order valence-corrected chi connectivity index (χ0v) is 20.9. The molecule has 1 fully saturated rings. The lowest BCUT2D eigenvalue weighted by Gasteiger charge is -2.27. The van der Waals surface area contributed by atoms with Gasteiger partial charge < -0.3 is 19.7 Å². The fourth-order valence-electron chi connectivity index (χ4n) is 3.75. The summed E-state index contributed by atoms with van der Waals surface area (Å²) in [6.45, 7) is 4.55. The number of rotatable bonds is 8. The largest absolute Gasteiger partial charge is 0.423 e. The van der Waals surface area contributed by atoms with Gasteiger partial charge in [0.25, 0.3) is 0 Å². The molecule has 0 atom stereocenters. The average Bonchev–Trinajstić information content (AvgIpc) is 2.95. The standard InChI is InChI=1S/C28H27N7O3/c1-20-6-5-7-22(18-20)25(36)38-24-12-10-21(11-13-24)19-29-34-27-31-26(30-23-8-3-2-4-9-23)32-28(33-27)35-14-16-37-17-15-35/h2-13,18-19H,14-17H2,1H3,(H2,30,31,32,33,34). The molecule has 3 aromatic carbocycles. The molecular formula is C28H27N7O3. The van der Waals surface area contributed by atoms with Gasteiger partial charge >= 0.3 is 5.97 Å². The molecule has 38 heavy (non-hydrogen) atoms. The summed E-state index contributed by atoms with van der Waals surface area (Å²) in [6, 6.07) is 24.0. The lowest BCUT2D eigenvalue weighted by molar-refractivity contribution is 0.0734. The van der Waals surface area contributed by atoms with Gasteiger partial charge in [0.1, 0.15) is 5.75 Å². The Morgan fingerprint density at radius 3 is 2.47 bits per heavy atom. The molecule has 0 amide bonds. The van der Waals surface area contributed by atoms with Crippen molar-refractivity contribution in [1.29, 1.82) is 0 Å². The number of morpholine rings is 1. The summed E-state index contributed by atoms with van der Waals surface area (Å²) in [6.07, 6.45) is 1.63. The highest BCUT2D eigenvalue weighted by molar-refractivity contribution is 5.91. The van der Waals surface area contributed by atoms with Crippen molar-refractivity contribution < 1.29 is 14.3 Å². The Morgan fingerprint density at radius 2 is 1.71 bits per heavy atom. The van der Waals surface area contributed by atoms with Crippen molar-refractivity contribution in [2.45, 2.75) is 6.92 Å². The van der Waals surface area contributed by atoms with E-state index in [1.165, 1.54) is 0 Å². The summed E-state index contributed by atoms with van der Waals surface area (Å²) in [7, 11) is 0. The number of esters is 1. The zero-order chi connectivity index (χ0) is 26.2. The van der Waals surface area contributed by atoms with E-state index < -0.39 is 5.97 Å². The molecule has 0 bridgehead atoms. The molecule has 1 aromatic heterocycles. The van der Waals surface area contributed by atoms with Crippen LogP contribution in [0.1, 0.15) is 21.5 Å². The summed E-state index contributed by atoms with van der Waals surface area (Å²) < 4.78 is 10.9. The van der Waals surface area contributed by atoms with E-state index in [0.29, 0.717) is 55.5 Å². The first-order chi connectivity index (χ1) is 18.6. The van der Waals surface area contributed by atoms with Crippen LogP contribution < -0.4 is 20.4 Å². The molecule has 192 valence electrons. The van der Waals surface area contributed by atoms with E-state index in [9.17, 15) is 4.79 Å². The number of carbonyl (C=O) groups excluding carboxylic acids is 1. The third-order valence-electron chi connectivity index (χ3n) is 5.67. The number of nitrogens with one attached hydrogen (secondary N) is 2. The summed E-state index contributed by atoms with van der Waals surface area (Å²) in [5.74, 6) is 1.30. The Labute approximate surface area is 220 Å². The Balaban J connectivity index is 1.26. The van der Waals surface area contributed by atoms with Gasteiger partial charge in [-0.15, -0.1) is 0 Å². The maximum atomic E-state index is 12.4. The van der Waals surface area contributed by atoms with Crippen molar-refractivity contribution in [3.8, 4) is 5.75 Å². The number of carbonyl (C=O) groups is 1. The van der Waals surface area contributed by atoms with Crippen LogP contribution in [-0.2, 0) is 4.74 Å².